The van der Waals surface area contributed by atoms with Gasteiger partial charge in [0.15, 0.2) is 11.0 Å². The summed E-state index contributed by atoms with van der Waals surface area (Å²) < 4.78 is 2.18. The number of thiophene rings is 1. The largest absolute Gasteiger partial charge is 0.298 e. The van der Waals surface area contributed by atoms with Crippen LogP contribution in [0.5, 0.6) is 0 Å². The van der Waals surface area contributed by atoms with Crippen LogP contribution in [0.25, 0.3) is 11.4 Å². The number of aromatic nitrogens is 3. The molecule has 0 aliphatic rings. The molecule has 0 radical (unpaired) electrons. The molecule has 0 N–H and O–H groups in total. The zero-order chi connectivity index (χ0) is 17.8. The van der Waals surface area contributed by atoms with E-state index < -0.39 is 0 Å². The third kappa shape index (κ3) is 3.85. The highest BCUT2D eigenvalue weighted by molar-refractivity contribution is 7.98. The lowest BCUT2D eigenvalue weighted by molar-refractivity contribution is 0.715. The molecule has 0 atom stereocenters. The van der Waals surface area contributed by atoms with Crippen LogP contribution in [0, 0.1) is 0 Å². The first-order valence-electron chi connectivity index (χ1n) is 8.17. The van der Waals surface area contributed by atoms with Gasteiger partial charge in [0.2, 0.25) is 0 Å². The van der Waals surface area contributed by atoms with Gasteiger partial charge in [-0.05, 0) is 28.6 Å². The van der Waals surface area contributed by atoms with Crippen LogP contribution >= 0.6 is 34.7 Å². The van der Waals surface area contributed by atoms with Crippen molar-refractivity contribution in [2.45, 2.75) is 17.5 Å². The summed E-state index contributed by atoms with van der Waals surface area (Å²) in [5.41, 5.74) is 3.43. The normalized spacial score (nSPS) is 11.0. The van der Waals surface area contributed by atoms with Gasteiger partial charge in [0.05, 0.1) is 6.54 Å². The molecule has 0 unspecified atom stereocenters. The standard InChI is InChI=1S/C20H16ClN3S2/c21-18-9-5-4-8-16(18)14-26-20-23-22-19(17-10-11-25-13-17)24(20)12-15-6-2-1-3-7-15/h1-11,13H,12,14H2. The van der Waals surface area contributed by atoms with Crippen molar-refractivity contribution in [3.8, 4) is 11.4 Å². The zero-order valence-corrected chi connectivity index (χ0v) is 16.3. The van der Waals surface area contributed by atoms with E-state index in [2.05, 4.69) is 55.9 Å². The molecule has 0 amide bonds. The molecular formula is C20H16ClN3S2. The molecule has 0 saturated carbocycles. The van der Waals surface area contributed by atoms with E-state index in [1.807, 2.05) is 30.3 Å². The van der Waals surface area contributed by atoms with E-state index in [4.69, 9.17) is 11.6 Å². The molecule has 0 aliphatic carbocycles. The summed E-state index contributed by atoms with van der Waals surface area (Å²) in [5, 5.41) is 14.8. The van der Waals surface area contributed by atoms with Crippen molar-refractivity contribution in [2.75, 3.05) is 0 Å². The average molecular weight is 398 g/mol. The van der Waals surface area contributed by atoms with Crippen LogP contribution in [-0.2, 0) is 12.3 Å². The molecule has 0 spiro atoms. The Morgan fingerprint density at radius 2 is 1.77 bits per heavy atom. The summed E-state index contributed by atoms with van der Waals surface area (Å²) in [4.78, 5) is 0. The summed E-state index contributed by atoms with van der Waals surface area (Å²) in [6.07, 6.45) is 0. The van der Waals surface area contributed by atoms with Crippen molar-refractivity contribution in [3.05, 3.63) is 87.6 Å². The van der Waals surface area contributed by atoms with Gasteiger partial charge in [-0.25, -0.2) is 0 Å². The van der Waals surface area contributed by atoms with Crippen molar-refractivity contribution in [1.29, 1.82) is 0 Å². The van der Waals surface area contributed by atoms with Crippen LogP contribution in [0.1, 0.15) is 11.1 Å². The molecule has 4 aromatic rings. The maximum Gasteiger partial charge on any atom is 0.192 e. The minimum atomic E-state index is 0.740. The molecule has 0 aliphatic heterocycles. The van der Waals surface area contributed by atoms with Gasteiger partial charge in [0.25, 0.3) is 0 Å². The summed E-state index contributed by atoms with van der Waals surface area (Å²) in [6.45, 7) is 0.740. The van der Waals surface area contributed by atoms with Crippen LogP contribution in [0.4, 0.5) is 0 Å². The highest BCUT2D eigenvalue weighted by Gasteiger charge is 2.15. The Morgan fingerprint density at radius 3 is 2.54 bits per heavy atom. The Hall–Kier alpha value is -2.08. The second-order valence-electron chi connectivity index (χ2n) is 5.77. The maximum atomic E-state index is 6.29. The molecule has 2 aromatic carbocycles. The van der Waals surface area contributed by atoms with Crippen molar-refractivity contribution in [1.82, 2.24) is 14.8 Å². The van der Waals surface area contributed by atoms with Gasteiger partial charge in [0, 0.05) is 21.7 Å². The predicted octanol–water partition coefficient (Wildman–Crippen LogP) is 6.00. The van der Waals surface area contributed by atoms with Gasteiger partial charge in [-0.1, -0.05) is 71.9 Å². The lowest BCUT2D eigenvalue weighted by atomic mass is 10.2. The number of thioether (sulfide) groups is 1. The van der Waals surface area contributed by atoms with E-state index in [-0.39, 0.29) is 0 Å². The first kappa shape index (κ1) is 17.3. The molecule has 4 rings (SSSR count). The molecule has 0 bridgehead atoms. The Kier molecular flexibility index (Phi) is 5.39. The minimum Gasteiger partial charge on any atom is -0.298 e. The first-order chi connectivity index (χ1) is 12.8. The van der Waals surface area contributed by atoms with Gasteiger partial charge in [-0.3, -0.25) is 4.57 Å². The Morgan fingerprint density at radius 1 is 0.962 bits per heavy atom. The second kappa shape index (κ2) is 8.08. The predicted molar refractivity (Wildman–Crippen MR) is 110 cm³/mol. The lowest BCUT2D eigenvalue weighted by Crippen LogP contribution is -2.03. The summed E-state index contributed by atoms with van der Waals surface area (Å²) in [7, 11) is 0. The topological polar surface area (TPSA) is 30.7 Å². The molecule has 3 nitrogen and oxygen atoms in total. The maximum absolute atomic E-state index is 6.29. The van der Waals surface area contributed by atoms with Crippen LogP contribution in [0.3, 0.4) is 0 Å². The van der Waals surface area contributed by atoms with E-state index in [0.29, 0.717) is 0 Å². The molecule has 130 valence electrons. The highest BCUT2D eigenvalue weighted by atomic mass is 35.5. The SMILES string of the molecule is Clc1ccccc1CSc1nnc(-c2ccsc2)n1Cc1ccccc1. The Balaban J connectivity index is 1.64. The third-order valence-corrected chi connectivity index (χ3v) is 6.06. The number of benzene rings is 2. The molecular weight excluding hydrogens is 382 g/mol. The number of halogens is 1. The van der Waals surface area contributed by atoms with Crippen LogP contribution in [-0.4, -0.2) is 14.8 Å². The average Bonchev–Trinajstić information content (AvgIpc) is 3.32. The van der Waals surface area contributed by atoms with E-state index in [1.54, 1.807) is 23.1 Å². The monoisotopic (exact) mass is 397 g/mol. The highest BCUT2D eigenvalue weighted by Crippen LogP contribution is 2.30. The summed E-state index contributed by atoms with van der Waals surface area (Å²) in [6, 6.07) is 20.4. The smallest absolute Gasteiger partial charge is 0.192 e. The van der Waals surface area contributed by atoms with Gasteiger partial charge >= 0.3 is 0 Å². The van der Waals surface area contributed by atoms with E-state index in [0.717, 1.165) is 39.4 Å². The number of hydrogen-bond acceptors (Lipinski definition) is 4. The molecule has 2 heterocycles. The van der Waals surface area contributed by atoms with Crippen molar-refractivity contribution < 1.29 is 0 Å². The fourth-order valence-electron chi connectivity index (χ4n) is 2.67. The van der Waals surface area contributed by atoms with Crippen molar-refractivity contribution >= 4 is 34.7 Å². The van der Waals surface area contributed by atoms with Gasteiger partial charge in [-0.2, -0.15) is 11.3 Å². The minimum absolute atomic E-state index is 0.740. The summed E-state index contributed by atoms with van der Waals surface area (Å²) in [5.74, 6) is 1.66. The fourth-order valence-corrected chi connectivity index (χ4v) is 4.52. The quantitative estimate of drug-likeness (QED) is 0.374. The molecule has 0 saturated heterocycles. The first-order valence-corrected chi connectivity index (χ1v) is 10.5. The van der Waals surface area contributed by atoms with Gasteiger partial charge < -0.3 is 0 Å². The van der Waals surface area contributed by atoms with Crippen LogP contribution in [0.15, 0.2) is 76.6 Å². The Labute approximate surface area is 165 Å². The van der Waals surface area contributed by atoms with E-state index >= 15 is 0 Å². The molecule has 6 heteroatoms. The van der Waals surface area contributed by atoms with Crippen LogP contribution in [0.2, 0.25) is 5.02 Å². The Bertz CT molecular complexity index is 981. The molecule has 2 aromatic heterocycles. The van der Waals surface area contributed by atoms with Crippen molar-refractivity contribution in [3.63, 3.8) is 0 Å². The van der Waals surface area contributed by atoms with Crippen LogP contribution < -0.4 is 0 Å². The second-order valence-corrected chi connectivity index (χ2v) is 7.90. The number of hydrogen-bond donors (Lipinski definition) is 0. The van der Waals surface area contributed by atoms with E-state index in [1.165, 1.54) is 5.56 Å². The molecule has 26 heavy (non-hydrogen) atoms. The van der Waals surface area contributed by atoms with Crippen molar-refractivity contribution in [2.24, 2.45) is 0 Å². The summed E-state index contributed by atoms with van der Waals surface area (Å²) >= 11 is 9.62. The fraction of sp³-hybridized carbons (Fsp3) is 0.100. The molecule has 0 fully saturated rings. The lowest BCUT2D eigenvalue weighted by Gasteiger charge is -2.10. The zero-order valence-electron chi connectivity index (χ0n) is 13.9. The number of rotatable bonds is 6. The third-order valence-electron chi connectivity index (χ3n) is 3.99. The number of nitrogens with zero attached hydrogens (tertiary/aromatic N) is 3. The van der Waals surface area contributed by atoms with Gasteiger partial charge in [-0.15, -0.1) is 10.2 Å². The van der Waals surface area contributed by atoms with Gasteiger partial charge in [0.1, 0.15) is 0 Å². The van der Waals surface area contributed by atoms with E-state index in [9.17, 15) is 0 Å².